The van der Waals surface area contributed by atoms with Crippen molar-refractivity contribution in [3.63, 3.8) is 0 Å². The maximum absolute atomic E-state index is 10.5. The number of nitrogens with zero attached hydrogens (tertiary/aromatic N) is 1. The monoisotopic (exact) mass is 197 g/mol. The second-order valence-electron chi connectivity index (χ2n) is 3.27. The first-order valence-corrected chi connectivity index (χ1v) is 4.64. The van der Waals surface area contributed by atoms with Gasteiger partial charge in [0.2, 0.25) is 0 Å². The second-order valence-corrected chi connectivity index (χ2v) is 3.27. The van der Waals surface area contributed by atoms with Crippen LogP contribution in [0.15, 0.2) is 6.20 Å². The second kappa shape index (κ2) is 4.76. The number of nitrogens with two attached hydrogens (primary N) is 1. The van der Waals surface area contributed by atoms with Gasteiger partial charge in [-0.15, -0.1) is 0 Å². The lowest BCUT2D eigenvalue weighted by atomic mass is 10.1. The molecule has 0 aliphatic heterocycles. The molecule has 0 aliphatic rings. The van der Waals surface area contributed by atoms with E-state index >= 15 is 0 Å². The summed E-state index contributed by atoms with van der Waals surface area (Å²) in [6.07, 6.45) is 3.86. The predicted molar refractivity (Wildman–Crippen MR) is 51.9 cm³/mol. The Balaban J connectivity index is 2.66. The van der Waals surface area contributed by atoms with Gasteiger partial charge in [-0.25, -0.2) is 0 Å². The Labute approximate surface area is 82.3 Å². The number of aryl methyl sites for hydroxylation is 1. The number of nitrogens with one attached hydrogen (secondary N) is 1. The summed E-state index contributed by atoms with van der Waals surface area (Å²) < 4.78 is 0. The van der Waals surface area contributed by atoms with E-state index in [4.69, 9.17) is 10.8 Å². The molecule has 1 aromatic rings. The molecular formula is C9H15N3O2. The van der Waals surface area contributed by atoms with Gasteiger partial charge in [-0.3, -0.25) is 9.89 Å². The van der Waals surface area contributed by atoms with Crippen LogP contribution in [0, 0.1) is 0 Å². The van der Waals surface area contributed by atoms with Crippen molar-refractivity contribution in [1.82, 2.24) is 10.2 Å². The van der Waals surface area contributed by atoms with E-state index in [1.54, 1.807) is 6.20 Å². The average molecular weight is 197 g/mol. The summed E-state index contributed by atoms with van der Waals surface area (Å²) in [5.41, 5.74) is 7.33. The largest absolute Gasteiger partial charge is 0.480 e. The number of hydrogen-bond donors (Lipinski definition) is 3. The smallest absolute Gasteiger partial charge is 0.320 e. The maximum atomic E-state index is 10.5. The quantitative estimate of drug-likeness (QED) is 0.633. The standard InChI is InChI=1S/C9H15N3O2/c1-2-3-8-6(5-11-12-8)4-7(10)9(13)14/h5,7H,2-4,10H2,1H3,(H,11,12)(H,13,14). The van der Waals surface area contributed by atoms with Crippen LogP contribution in [0.4, 0.5) is 0 Å². The van der Waals surface area contributed by atoms with Crippen LogP contribution in [0.1, 0.15) is 24.6 Å². The van der Waals surface area contributed by atoms with Crippen molar-refractivity contribution in [2.45, 2.75) is 32.2 Å². The first kappa shape index (κ1) is 10.7. The normalized spacial score (nSPS) is 12.7. The van der Waals surface area contributed by atoms with Gasteiger partial charge in [0.25, 0.3) is 0 Å². The number of aromatic nitrogens is 2. The first-order chi connectivity index (χ1) is 6.65. The number of aromatic amines is 1. The molecule has 4 N–H and O–H groups in total. The summed E-state index contributed by atoms with van der Waals surface area (Å²) in [6.45, 7) is 2.06. The minimum absolute atomic E-state index is 0.334. The van der Waals surface area contributed by atoms with Crippen LogP contribution >= 0.6 is 0 Å². The number of H-pyrrole nitrogens is 1. The fourth-order valence-corrected chi connectivity index (χ4v) is 1.30. The first-order valence-electron chi connectivity index (χ1n) is 4.64. The van der Waals surface area contributed by atoms with E-state index < -0.39 is 12.0 Å². The van der Waals surface area contributed by atoms with Crippen molar-refractivity contribution >= 4 is 5.97 Å². The number of carbonyl (C=O) groups is 1. The third-order valence-corrected chi connectivity index (χ3v) is 2.06. The maximum Gasteiger partial charge on any atom is 0.320 e. The van der Waals surface area contributed by atoms with Crippen LogP contribution in [0.25, 0.3) is 0 Å². The number of aliphatic carboxylic acids is 1. The zero-order valence-electron chi connectivity index (χ0n) is 8.16. The van der Waals surface area contributed by atoms with Gasteiger partial charge in [0.15, 0.2) is 0 Å². The minimum Gasteiger partial charge on any atom is -0.480 e. The van der Waals surface area contributed by atoms with Crippen LogP contribution in [-0.4, -0.2) is 27.3 Å². The lowest BCUT2D eigenvalue weighted by Gasteiger charge is -2.05. The number of rotatable bonds is 5. The van der Waals surface area contributed by atoms with Gasteiger partial charge in [-0.1, -0.05) is 13.3 Å². The van der Waals surface area contributed by atoms with Crippen molar-refractivity contribution in [3.8, 4) is 0 Å². The Morgan fingerprint density at radius 3 is 3.07 bits per heavy atom. The molecule has 0 saturated heterocycles. The molecule has 5 heteroatoms. The van der Waals surface area contributed by atoms with Crippen molar-refractivity contribution < 1.29 is 9.90 Å². The van der Waals surface area contributed by atoms with Gasteiger partial charge >= 0.3 is 5.97 Å². The molecule has 1 aromatic heterocycles. The van der Waals surface area contributed by atoms with Crippen LogP contribution in [0.5, 0.6) is 0 Å². The van der Waals surface area contributed by atoms with Gasteiger partial charge < -0.3 is 10.8 Å². The number of carboxylic acid groups (broad SMARTS) is 1. The summed E-state index contributed by atoms with van der Waals surface area (Å²) in [6, 6.07) is -0.844. The van der Waals surface area contributed by atoms with Crippen molar-refractivity contribution in [2.75, 3.05) is 0 Å². The Morgan fingerprint density at radius 2 is 2.50 bits per heavy atom. The summed E-state index contributed by atoms with van der Waals surface area (Å²) in [4.78, 5) is 10.5. The molecule has 14 heavy (non-hydrogen) atoms. The van der Waals surface area contributed by atoms with Gasteiger partial charge in [-0.05, 0) is 12.0 Å². The van der Waals surface area contributed by atoms with Crippen molar-refractivity contribution in [1.29, 1.82) is 0 Å². The molecule has 0 fully saturated rings. The van der Waals surface area contributed by atoms with Crippen molar-refractivity contribution in [3.05, 3.63) is 17.5 Å². The molecule has 1 rings (SSSR count). The third-order valence-electron chi connectivity index (χ3n) is 2.06. The number of hydrogen-bond acceptors (Lipinski definition) is 3. The number of carboxylic acids is 1. The van der Waals surface area contributed by atoms with Crippen LogP contribution in [0.3, 0.4) is 0 Å². The third kappa shape index (κ3) is 2.56. The molecular weight excluding hydrogens is 182 g/mol. The minimum atomic E-state index is -0.978. The van der Waals surface area contributed by atoms with Gasteiger partial charge in [0.05, 0.1) is 6.20 Å². The Bertz CT molecular complexity index is 309. The van der Waals surface area contributed by atoms with Crippen LogP contribution in [0.2, 0.25) is 0 Å². The Kier molecular flexibility index (Phi) is 3.64. The van der Waals surface area contributed by atoms with Crippen molar-refractivity contribution in [2.24, 2.45) is 5.73 Å². The molecule has 0 amide bonds. The predicted octanol–water partition coefficient (Wildman–Crippen LogP) is 0.317. The summed E-state index contributed by atoms with van der Waals surface area (Å²) in [5, 5.41) is 15.4. The highest BCUT2D eigenvalue weighted by molar-refractivity contribution is 5.73. The van der Waals surface area contributed by atoms with E-state index in [1.165, 1.54) is 0 Å². The molecule has 0 spiro atoms. The van der Waals surface area contributed by atoms with E-state index in [9.17, 15) is 4.79 Å². The van der Waals surface area contributed by atoms with E-state index in [0.717, 1.165) is 24.1 Å². The van der Waals surface area contributed by atoms with E-state index in [-0.39, 0.29) is 0 Å². The molecule has 0 aliphatic carbocycles. The molecule has 0 radical (unpaired) electrons. The topological polar surface area (TPSA) is 92.0 Å². The molecule has 0 saturated carbocycles. The lowest BCUT2D eigenvalue weighted by Crippen LogP contribution is -2.32. The fourth-order valence-electron chi connectivity index (χ4n) is 1.30. The molecule has 0 bridgehead atoms. The average Bonchev–Trinajstić information content (AvgIpc) is 2.53. The highest BCUT2D eigenvalue weighted by atomic mass is 16.4. The zero-order chi connectivity index (χ0) is 10.6. The van der Waals surface area contributed by atoms with Gasteiger partial charge in [-0.2, -0.15) is 5.10 Å². The van der Waals surface area contributed by atoms with E-state index in [2.05, 4.69) is 17.1 Å². The van der Waals surface area contributed by atoms with Gasteiger partial charge in [0, 0.05) is 12.1 Å². The van der Waals surface area contributed by atoms with Crippen LogP contribution in [-0.2, 0) is 17.6 Å². The highest BCUT2D eigenvalue weighted by Crippen LogP contribution is 2.09. The molecule has 78 valence electrons. The Hall–Kier alpha value is -1.36. The van der Waals surface area contributed by atoms with Gasteiger partial charge in [0.1, 0.15) is 6.04 Å². The molecule has 1 atom stereocenters. The highest BCUT2D eigenvalue weighted by Gasteiger charge is 2.15. The fraction of sp³-hybridized carbons (Fsp3) is 0.556. The lowest BCUT2D eigenvalue weighted by molar-refractivity contribution is -0.138. The molecule has 1 heterocycles. The van der Waals surface area contributed by atoms with E-state index in [0.29, 0.717) is 6.42 Å². The molecule has 1 unspecified atom stereocenters. The van der Waals surface area contributed by atoms with Crippen LogP contribution < -0.4 is 5.73 Å². The Morgan fingerprint density at radius 1 is 1.79 bits per heavy atom. The zero-order valence-corrected chi connectivity index (χ0v) is 8.16. The summed E-state index contributed by atoms with van der Waals surface area (Å²) in [5.74, 6) is -0.978. The summed E-state index contributed by atoms with van der Waals surface area (Å²) in [7, 11) is 0. The van der Waals surface area contributed by atoms with E-state index in [1.807, 2.05) is 0 Å². The summed E-state index contributed by atoms with van der Waals surface area (Å²) >= 11 is 0. The SMILES string of the molecule is CCCc1[nH]ncc1CC(N)C(=O)O. The molecule has 0 aromatic carbocycles. The molecule has 5 nitrogen and oxygen atoms in total.